The Labute approximate surface area is 99.2 Å². The van der Waals surface area contributed by atoms with Crippen LogP contribution in [0.3, 0.4) is 0 Å². The maximum atomic E-state index is 11.6. The van der Waals surface area contributed by atoms with E-state index in [0.29, 0.717) is 12.3 Å². The summed E-state index contributed by atoms with van der Waals surface area (Å²) < 4.78 is 0. The average molecular weight is 223 g/mol. The van der Waals surface area contributed by atoms with Crippen molar-refractivity contribution in [3.8, 4) is 0 Å². The quantitative estimate of drug-likeness (QED) is 0.780. The minimum atomic E-state index is 0.241. The van der Waals surface area contributed by atoms with Crippen LogP contribution in [0.1, 0.15) is 46.5 Å². The van der Waals surface area contributed by atoms with Gasteiger partial charge in [0.1, 0.15) is 0 Å². The van der Waals surface area contributed by atoms with Crippen LogP contribution in [0, 0.1) is 29.6 Å². The Kier molecular flexibility index (Phi) is 3.56. The number of hydrogen-bond donors (Lipinski definition) is 1. The second-order valence-corrected chi connectivity index (χ2v) is 6.26. The van der Waals surface area contributed by atoms with Crippen LogP contribution in [-0.2, 0) is 4.79 Å². The van der Waals surface area contributed by atoms with Crippen LogP contribution in [-0.4, -0.2) is 12.5 Å². The number of carbonyl (C=O) groups excluding carboxylic acids is 1. The average Bonchev–Trinajstić information content (AvgIpc) is 2.75. The van der Waals surface area contributed by atoms with E-state index in [-0.39, 0.29) is 5.91 Å². The Hall–Kier alpha value is -0.530. The molecule has 2 aliphatic carbocycles. The lowest BCUT2D eigenvalue weighted by Crippen LogP contribution is -2.35. The third-order valence-corrected chi connectivity index (χ3v) is 4.67. The van der Waals surface area contributed by atoms with Crippen molar-refractivity contribution in [1.29, 1.82) is 0 Å². The zero-order valence-corrected chi connectivity index (χ0v) is 10.8. The number of amides is 1. The van der Waals surface area contributed by atoms with Crippen LogP contribution in [0.25, 0.3) is 0 Å². The molecule has 0 aromatic rings. The van der Waals surface area contributed by atoms with Crippen molar-refractivity contribution in [3.05, 3.63) is 0 Å². The zero-order chi connectivity index (χ0) is 11.7. The van der Waals surface area contributed by atoms with Gasteiger partial charge in [0.15, 0.2) is 0 Å². The highest BCUT2D eigenvalue weighted by molar-refractivity contribution is 5.76. The van der Waals surface area contributed by atoms with Crippen molar-refractivity contribution in [2.24, 2.45) is 29.6 Å². The standard InChI is InChI=1S/C14H25NO/c1-9(2)6-14(16)15-8-13-10(3)11-4-5-12(13)7-11/h9-13H,4-8H2,1-3H3,(H,15,16). The van der Waals surface area contributed by atoms with Crippen LogP contribution < -0.4 is 5.32 Å². The Morgan fingerprint density at radius 3 is 2.56 bits per heavy atom. The first-order valence-corrected chi connectivity index (χ1v) is 6.84. The molecule has 0 saturated heterocycles. The topological polar surface area (TPSA) is 29.1 Å². The Morgan fingerprint density at radius 1 is 1.31 bits per heavy atom. The Morgan fingerprint density at radius 2 is 2.00 bits per heavy atom. The number of carbonyl (C=O) groups is 1. The zero-order valence-electron chi connectivity index (χ0n) is 10.8. The predicted octanol–water partition coefficient (Wildman–Crippen LogP) is 2.83. The first-order valence-electron chi connectivity index (χ1n) is 6.84. The van der Waals surface area contributed by atoms with Crippen LogP contribution in [0.5, 0.6) is 0 Å². The van der Waals surface area contributed by atoms with Gasteiger partial charge in [-0.05, 0) is 48.9 Å². The molecule has 0 aliphatic heterocycles. The number of hydrogen-bond acceptors (Lipinski definition) is 1. The molecule has 2 nitrogen and oxygen atoms in total. The Bertz CT molecular complexity index is 259. The van der Waals surface area contributed by atoms with E-state index < -0.39 is 0 Å². The molecule has 0 spiro atoms. The molecule has 0 heterocycles. The number of fused-ring (bicyclic) bond motifs is 2. The molecule has 2 heteroatoms. The largest absolute Gasteiger partial charge is 0.356 e. The van der Waals surface area contributed by atoms with Crippen LogP contribution >= 0.6 is 0 Å². The van der Waals surface area contributed by atoms with E-state index in [1.54, 1.807) is 0 Å². The summed E-state index contributed by atoms with van der Waals surface area (Å²) in [4.78, 5) is 11.6. The van der Waals surface area contributed by atoms with E-state index in [2.05, 4.69) is 26.1 Å². The second-order valence-electron chi connectivity index (χ2n) is 6.26. The maximum Gasteiger partial charge on any atom is 0.220 e. The van der Waals surface area contributed by atoms with E-state index in [0.717, 1.165) is 30.2 Å². The van der Waals surface area contributed by atoms with Crippen LogP contribution in [0.15, 0.2) is 0 Å². The summed E-state index contributed by atoms with van der Waals surface area (Å²) in [5.41, 5.74) is 0. The molecule has 2 saturated carbocycles. The maximum absolute atomic E-state index is 11.6. The first-order chi connectivity index (χ1) is 7.58. The lowest BCUT2D eigenvalue weighted by atomic mass is 9.80. The number of nitrogens with one attached hydrogen (secondary N) is 1. The highest BCUT2D eigenvalue weighted by Crippen LogP contribution is 2.51. The van der Waals surface area contributed by atoms with Gasteiger partial charge in [0.05, 0.1) is 0 Å². The van der Waals surface area contributed by atoms with E-state index in [1.165, 1.54) is 19.3 Å². The summed E-state index contributed by atoms with van der Waals surface area (Å²) in [6, 6.07) is 0. The van der Waals surface area contributed by atoms with Gasteiger partial charge >= 0.3 is 0 Å². The highest BCUT2D eigenvalue weighted by atomic mass is 16.1. The molecular formula is C14H25NO. The van der Waals surface area contributed by atoms with Crippen molar-refractivity contribution in [2.45, 2.75) is 46.5 Å². The first kappa shape index (κ1) is 11.9. The Balaban J connectivity index is 1.76. The summed E-state index contributed by atoms with van der Waals surface area (Å²) in [7, 11) is 0. The highest BCUT2D eigenvalue weighted by Gasteiger charge is 2.44. The van der Waals surface area contributed by atoms with Crippen LogP contribution in [0.2, 0.25) is 0 Å². The van der Waals surface area contributed by atoms with E-state index in [4.69, 9.17) is 0 Å². The summed E-state index contributed by atoms with van der Waals surface area (Å²) >= 11 is 0. The van der Waals surface area contributed by atoms with Gasteiger partial charge in [-0.2, -0.15) is 0 Å². The molecule has 0 aromatic heterocycles. The summed E-state index contributed by atoms with van der Waals surface area (Å²) in [5.74, 6) is 4.16. The van der Waals surface area contributed by atoms with Gasteiger partial charge in [0.2, 0.25) is 5.91 Å². The molecule has 16 heavy (non-hydrogen) atoms. The van der Waals surface area contributed by atoms with Gasteiger partial charge in [0.25, 0.3) is 0 Å². The number of rotatable bonds is 4. The molecule has 2 aliphatic rings. The normalized spacial score (nSPS) is 37.0. The van der Waals surface area contributed by atoms with Gasteiger partial charge in [0, 0.05) is 13.0 Å². The molecular weight excluding hydrogens is 198 g/mol. The summed E-state index contributed by atoms with van der Waals surface area (Å²) in [6.45, 7) is 7.50. The van der Waals surface area contributed by atoms with Gasteiger partial charge in [-0.1, -0.05) is 20.8 Å². The molecule has 2 bridgehead atoms. The fourth-order valence-electron chi connectivity index (χ4n) is 3.73. The summed E-state index contributed by atoms with van der Waals surface area (Å²) in [5, 5.41) is 3.13. The van der Waals surface area contributed by atoms with Gasteiger partial charge in [-0.25, -0.2) is 0 Å². The minimum Gasteiger partial charge on any atom is -0.356 e. The third-order valence-electron chi connectivity index (χ3n) is 4.67. The van der Waals surface area contributed by atoms with Crippen molar-refractivity contribution >= 4 is 5.91 Å². The van der Waals surface area contributed by atoms with E-state index in [1.807, 2.05) is 0 Å². The lowest BCUT2D eigenvalue weighted by Gasteiger charge is -2.28. The molecule has 1 N–H and O–H groups in total. The predicted molar refractivity (Wildman–Crippen MR) is 65.9 cm³/mol. The van der Waals surface area contributed by atoms with Crippen molar-refractivity contribution in [1.82, 2.24) is 5.32 Å². The summed E-state index contributed by atoms with van der Waals surface area (Å²) in [6.07, 6.45) is 4.93. The van der Waals surface area contributed by atoms with Crippen LogP contribution in [0.4, 0.5) is 0 Å². The molecule has 2 fully saturated rings. The minimum absolute atomic E-state index is 0.241. The van der Waals surface area contributed by atoms with Crippen molar-refractivity contribution in [3.63, 3.8) is 0 Å². The second kappa shape index (κ2) is 4.77. The molecule has 4 atom stereocenters. The molecule has 1 amide bonds. The smallest absolute Gasteiger partial charge is 0.220 e. The molecule has 2 rings (SSSR count). The van der Waals surface area contributed by atoms with Gasteiger partial charge < -0.3 is 5.32 Å². The van der Waals surface area contributed by atoms with Gasteiger partial charge in [-0.15, -0.1) is 0 Å². The lowest BCUT2D eigenvalue weighted by molar-refractivity contribution is -0.122. The molecule has 4 unspecified atom stereocenters. The fourth-order valence-corrected chi connectivity index (χ4v) is 3.73. The monoisotopic (exact) mass is 223 g/mol. The van der Waals surface area contributed by atoms with E-state index in [9.17, 15) is 4.79 Å². The molecule has 92 valence electrons. The van der Waals surface area contributed by atoms with E-state index >= 15 is 0 Å². The fraction of sp³-hybridized carbons (Fsp3) is 0.929. The molecule has 0 aromatic carbocycles. The SMILES string of the molecule is CC(C)CC(=O)NCC1C2CCC(C2)C1C. The van der Waals surface area contributed by atoms with Gasteiger partial charge in [-0.3, -0.25) is 4.79 Å². The molecule has 0 radical (unpaired) electrons. The third kappa shape index (κ3) is 2.41. The van der Waals surface area contributed by atoms with Crippen molar-refractivity contribution < 1.29 is 4.79 Å². The van der Waals surface area contributed by atoms with Crippen molar-refractivity contribution in [2.75, 3.05) is 6.54 Å².